The molecule has 2 rings (SSSR count). The first-order chi connectivity index (χ1) is 9.97. The summed E-state index contributed by atoms with van der Waals surface area (Å²) in [5.41, 5.74) is 1.68. The highest BCUT2D eigenvalue weighted by Gasteiger charge is 2.25. The van der Waals surface area contributed by atoms with Crippen LogP contribution in [0.2, 0.25) is 10.0 Å². The van der Waals surface area contributed by atoms with E-state index >= 15 is 0 Å². The Morgan fingerprint density at radius 1 is 0.857 bits per heavy atom. The second-order valence-electron chi connectivity index (χ2n) is 5.02. The average Bonchev–Trinajstić information content (AvgIpc) is 2.42. The van der Waals surface area contributed by atoms with Crippen LogP contribution in [0.1, 0.15) is 30.9 Å². The van der Waals surface area contributed by atoms with Crippen molar-refractivity contribution in [2.75, 3.05) is 0 Å². The highest BCUT2D eigenvalue weighted by Crippen LogP contribution is 2.28. The van der Waals surface area contributed by atoms with Gasteiger partial charge in [0.2, 0.25) is 0 Å². The lowest BCUT2D eigenvalue weighted by atomic mass is 9.91. The number of carbonyl (C=O) groups is 1. The molecule has 0 amide bonds. The van der Waals surface area contributed by atoms with Gasteiger partial charge in [0.15, 0.2) is 0 Å². The first-order valence-corrected chi connectivity index (χ1v) is 7.44. The fraction of sp³-hybridized carbons (Fsp3) is 0.235. The lowest BCUT2D eigenvalue weighted by molar-refractivity contribution is -0.148. The van der Waals surface area contributed by atoms with E-state index in [2.05, 4.69) is 0 Å². The van der Waals surface area contributed by atoms with Crippen LogP contribution in [0.25, 0.3) is 0 Å². The summed E-state index contributed by atoms with van der Waals surface area (Å²) in [6, 6.07) is 14.4. The third kappa shape index (κ3) is 4.23. The number of halogens is 2. The molecule has 2 aromatic rings. The summed E-state index contributed by atoms with van der Waals surface area (Å²) in [5, 5.41) is 1.26. The minimum Gasteiger partial charge on any atom is -0.462 e. The SMILES string of the molecule is CC(C)OC(=O)C(c1ccc(Cl)cc1)c1ccc(Cl)cc1. The smallest absolute Gasteiger partial charge is 0.318 e. The molecular formula is C17H16Cl2O2. The van der Waals surface area contributed by atoms with Gasteiger partial charge >= 0.3 is 5.97 Å². The summed E-state index contributed by atoms with van der Waals surface area (Å²) >= 11 is 11.8. The van der Waals surface area contributed by atoms with Crippen LogP contribution in [0, 0.1) is 0 Å². The molecule has 2 nitrogen and oxygen atoms in total. The third-order valence-electron chi connectivity index (χ3n) is 2.99. The summed E-state index contributed by atoms with van der Waals surface area (Å²) in [7, 11) is 0. The van der Waals surface area contributed by atoms with E-state index in [1.165, 1.54) is 0 Å². The van der Waals surface area contributed by atoms with Crippen LogP contribution in [-0.2, 0) is 9.53 Å². The Balaban J connectivity index is 2.40. The van der Waals surface area contributed by atoms with Crippen molar-refractivity contribution in [1.29, 1.82) is 0 Å². The number of esters is 1. The Kier molecular flexibility index (Phi) is 5.27. The normalized spacial score (nSPS) is 11.0. The van der Waals surface area contributed by atoms with Gasteiger partial charge in [-0.25, -0.2) is 0 Å². The molecule has 110 valence electrons. The maximum atomic E-state index is 12.4. The number of hydrogen-bond acceptors (Lipinski definition) is 2. The second kappa shape index (κ2) is 6.97. The standard InChI is InChI=1S/C17H16Cl2O2/c1-11(2)21-17(20)16(12-3-7-14(18)8-4-12)13-5-9-15(19)10-6-13/h3-11,16H,1-2H3. The summed E-state index contributed by atoms with van der Waals surface area (Å²) in [6.45, 7) is 3.66. The average molecular weight is 323 g/mol. The van der Waals surface area contributed by atoms with Gasteiger partial charge in [-0.05, 0) is 49.2 Å². The van der Waals surface area contributed by atoms with E-state index in [1.54, 1.807) is 24.3 Å². The zero-order valence-corrected chi connectivity index (χ0v) is 13.4. The Bertz CT molecular complexity index is 558. The first-order valence-electron chi connectivity index (χ1n) is 6.69. The predicted molar refractivity (Wildman–Crippen MR) is 86.0 cm³/mol. The van der Waals surface area contributed by atoms with Crippen molar-refractivity contribution < 1.29 is 9.53 Å². The van der Waals surface area contributed by atoms with E-state index in [4.69, 9.17) is 27.9 Å². The molecule has 4 heteroatoms. The van der Waals surface area contributed by atoms with Gasteiger partial charge in [-0.15, -0.1) is 0 Å². The molecule has 0 aliphatic carbocycles. The number of benzene rings is 2. The van der Waals surface area contributed by atoms with Gasteiger partial charge in [-0.1, -0.05) is 47.5 Å². The van der Waals surface area contributed by atoms with E-state index in [0.717, 1.165) is 11.1 Å². The van der Waals surface area contributed by atoms with Crippen LogP contribution in [0.15, 0.2) is 48.5 Å². The summed E-state index contributed by atoms with van der Waals surface area (Å²) in [6.07, 6.45) is -0.167. The second-order valence-corrected chi connectivity index (χ2v) is 5.89. The van der Waals surface area contributed by atoms with E-state index < -0.39 is 5.92 Å². The molecular weight excluding hydrogens is 307 g/mol. The Morgan fingerprint density at radius 2 is 1.24 bits per heavy atom. The van der Waals surface area contributed by atoms with Crippen LogP contribution in [0.5, 0.6) is 0 Å². The van der Waals surface area contributed by atoms with Gasteiger partial charge < -0.3 is 4.74 Å². The number of hydrogen-bond donors (Lipinski definition) is 0. The van der Waals surface area contributed by atoms with Gasteiger partial charge in [-0.2, -0.15) is 0 Å². The van der Waals surface area contributed by atoms with E-state index in [9.17, 15) is 4.79 Å². The molecule has 0 fully saturated rings. The van der Waals surface area contributed by atoms with Crippen LogP contribution >= 0.6 is 23.2 Å². The molecule has 0 N–H and O–H groups in total. The van der Waals surface area contributed by atoms with Crippen molar-refractivity contribution in [3.05, 3.63) is 69.7 Å². The van der Waals surface area contributed by atoms with Gasteiger partial charge in [-0.3, -0.25) is 4.79 Å². The number of rotatable bonds is 4. The zero-order valence-electron chi connectivity index (χ0n) is 11.8. The third-order valence-corrected chi connectivity index (χ3v) is 3.50. The van der Waals surface area contributed by atoms with Crippen molar-refractivity contribution in [3.63, 3.8) is 0 Å². The van der Waals surface area contributed by atoms with E-state index in [0.29, 0.717) is 10.0 Å². The maximum absolute atomic E-state index is 12.4. The van der Waals surface area contributed by atoms with Crippen LogP contribution in [-0.4, -0.2) is 12.1 Å². The molecule has 21 heavy (non-hydrogen) atoms. The first kappa shape index (κ1) is 15.9. The van der Waals surface area contributed by atoms with Crippen molar-refractivity contribution >= 4 is 29.2 Å². The van der Waals surface area contributed by atoms with Crippen LogP contribution < -0.4 is 0 Å². The fourth-order valence-corrected chi connectivity index (χ4v) is 2.33. The van der Waals surface area contributed by atoms with Gasteiger partial charge in [0.05, 0.1) is 6.10 Å². The largest absolute Gasteiger partial charge is 0.462 e. The van der Waals surface area contributed by atoms with Crippen molar-refractivity contribution in [2.24, 2.45) is 0 Å². The van der Waals surface area contributed by atoms with Gasteiger partial charge in [0.25, 0.3) is 0 Å². The molecule has 0 heterocycles. The van der Waals surface area contributed by atoms with Crippen LogP contribution in [0.4, 0.5) is 0 Å². The predicted octanol–water partition coefficient (Wildman–Crippen LogP) is 5.08. The number of ether oxygens (including phenoxy) is 1. The lowest BCUT2D eigenvalue weighted by Gasteiger charge is -2.19. The summed E-state index contributed by atoms with van der Waals surface area (Å²) in [4.78, 5) is 12.4. The van der Waals surface area contributed by atoms with E-state index in [-0.39, 0.29) is 12.1 Å². The highest BCUT2D eigenvalue weighted by molar-refractivity contribution is 6.30. The van der Waals surface area contributed by atoms with Crippen molar-refractivity contribution in [3.8, 4) is 0 Å². The molecule has 0 saturated heterocycles. The molecule has 0 spiro atoms. The molecule has 2 aromatic carbocycles. The molecule has 0 bridgehead atoms. The molecule has 0 radical (unpaired) electrons. The maximum Gasteiger partial charge on any atom is 0.318 e. The highest BCUT2D eigenvalue weighted by atomic mass is 35.5. The molecule has 0 unspecified atom stereocenters. The Labute approximate surface area is 134 Å². The Hall–Kier alpha value is -1.51. The topological polar surface area (TPSA) is 26.3 Å². The fourth-order valence-electron chi connectivity index (χ4n) is 2.08. The summed E-state index contributed by atoms with van der Waals surface area (Å²) < 4.78 is 5.38. The molecule has 0 saturated carbocycles. The van der Waals surface area contributed by atoms with Crippen LogP contribution in [0.3, 0.4) is 0 Å². The zero-order chi connectivity index (χ0) is 15.4. The van der Waals surface area contributed by atoms with Gasteiger partial charge in [0, 0.05) is 10.0 Å². The molecule has 0 atom stereocenters. The summed E-state index contributed by atoms with van der Waals surface area (Å²) in [5.74, 6) is -0.767. The molecule has 0 aliphatic heterocycles. The van der Waals surface area contributed by atoms with E-state index in [1.807, 2.05) is 38.1 Å². The minimum absolute atomic E-state index is 0.167. The minimum atomic E-state index is -0.484. The lowest BCUT2D eigenvalue weighted by Crippen LogP contribution is -2.20. The monoisotopic (exact) mass is 322 g/mol. The number of carbonyl (C=O) groups excluding carboxylic acids is 1. The van der Waals surface area contributed by atoms with Crippen molar-refractivity contribution in [2.45, 2.75) is 25.9 Å². The molecule has 0 aliphatic rings. The quantitative estimate of drug-likeness (QED) is 0.734. The molecule has 0 aromatic heterocycles. The Morgan fingerprint density at radius 3 is 1.57 bits per heavy atom. The van der Waals surface area contributed by atoms with Gasteiger partial charge in [0.1, 0.15) is 5.92 Å². The van der Waals surface area contributed by atoms with Crippen molar-refractivity contribution in [1.82, 2.24) is 0 Å².